The van der Waals surface area contributed by atoms with Crippen LogP contribution in [0.2, 0.25) is 5.02 Å². The van der Waals surface area contributed by atoms with Gasteiger partial charge in [-0.1, -0.05) is 29.8 Å². The van der Waals surface area contributed by atoms with Crippen molar-refractivity contribution >= 4 is 39.3 Å². The minimum absolute atomic E-state index is 0.215. The number of halogens is 2. The molecule has 4 nitrogen and oxygen atoms in total. The van der Waals surface area contributed by atoms with Crippen molar-refractivity contribution in [3.63, 3.8) is 0 Å². The third kappa shape index (κ3) is 3.46. The minimum Gasteiger partial charge on any atom is -0.305 e. The molecule has 1 N–H and O–H groups in total. The standard InChI is InChI=1S/C17H13BrClN3O/c1-11-9-16(20-17(23)14-7-2-3-8-15(14)18)21-22(11)13-6-4-5-12(19)10-13/h2-10H,1H3,(H,20,21,23). The molecule has 3 rings (SSSR count). The molecule has 0 unspecified atom stereocenters. The number of aromatic nitrogens is 2. The van der Waals surface area contributed by atoms with E-state index < -0.39 is 0 Å². The largest absolute Gasteiger partial charge is 0.305 e. The summed E-state index contributed by atoms with van der Waals surface area (Å²) >= 11 is 9.39. The quantitative estimate of drug-likeness (QED) is 0.695. The molecule has 0 bridgehead atoms. The summed E-state index contributed by atoms with van der Waals surface area (Å²) in [7, 11) is 0. The summed E-state index contributed by atoms with van der Waals surface area (Å²) in [4.78, 5) is 12.3. The van der Waals surface area contributed by atoms with Gasteiger partial charge in [0, 0.05) is 21.3 Å². The second-order valence-corrected chi connectivity index (χ2v) is 6.29. The Balaban J connectivity index is 1.87. The fraction of sp³-hybridized carbons (Fsp3) is 0.0588. The Kier molecular flexibility index (Phi) is 4.50. The van der Waals surface area contributed by atoms with Crippen LogP contribution >= 0.6 is 27.5 Å². The minimum atomic E-state index is -0.215. The normalized spacial score (nSPS) is 10.6. The van der Waals surface area contributed by atoms with Crippen LogP contribution in [-0.4, -0.2) is 15.7 Å². The van der Waals surface area contributed by atoms with Crippen molar-refractivity contribution in [2.75, 3.05) is 5.32 Å². The van der Waals surface area contributed by atoms with Crippen LogP contribution in [0, 0.1) is 6.92 Å². The van der Waals surface area contributed by atoms with Crippen LogP contribution in [0.5, 0.6) is 0 Å². The molecule has 1 heterocycles. The number of carbonyl (C=O) groups excluding carboxylic acids is 1. The van der Waals surface area contributed by atoms with Gasteiger partial charge >= 0.3 is 0 Å². The topological polar surface area (TPSA) is 46.9 Å². The highest BCUT2D eigenvalue weighted by Crippen LogP contribution is 2.20. The molecule has 1 amide bonds. The maximum Gasteiger partial charge on any atom is 0.258 e. The molecule has 0 aliphatic heterocycles. The molecule has 0 spiro atoms. The van der Waals surface area contributed by atoms with Gasteiger partial charge in [0.25, 0.3) is 5.91 Å². The monoisotopic (exact) mass is 389 g/mol. The summed E-state index contributed by atoms with van der Waals surface area (Å²) in [6, 6.07) is 16.5. The summed E-state index contributed by atoms with van der Waals surface area (Å²) in [5.74, 6) is 0.274. The summed E-state index contributed by atoms with van der Waals surface area (Å²) in [6.45, 7) is 1.92. The van der Waals surface area contributed by atoms with Gasteiger partial charge < -0.3 is 5.32 Å². The molecule has 23 heavy (non-hydrogen) atoms. The number of hydrogen-bond acceptors (Lipinski definition) is 2. The first kappa shape index (κ1) is 15.8. The van der Waals surface area contributed by atoms with Crippen molar-refractivity contribution in [1.82, 2.24) is 9.78 Å². The average molecular weight is 391 g/mol. The Morgan fingerprint density at radius 1 is 1.17 bits per heavy atom. The number of anilines is 1. The smallest absolute Gasteiger partial charge is 0.258 e. The van der Waals surface area contributed by atoms with Crippen LogP contribution in [0.1, 0.15) is 16.1 Å². The summed E-state index contributed by atoms with van der Waals surface area (Å²) in [5.41, 5.74) is 2.30. The summed E-state index contributed by atoms with van der Waals surface area (Å²) < 4.78 is 2.48. The highest BCUT2D eigenvalue weighted by molar-refractivity contribution is 9.10. The first-order chi connectivity index (χ1) is 11.0. The number of carbonyl (C=O) groups is 1. The zero-order valence-electron chi connectivity index (χ0n) is 12.3. The Morgan fingerprint density at radius 3 is 2.70 bits per heavy atom. The van der Waals surface area contributed by atoms with E-state index >= 15 is 0 Å². The van der Waals surface area contributed by atoms with E-state index in [0.717, 1.165) is 15.9 Å². The van der Waals surface area contributed by atoms with E-state index in [9.17, 15) is 4.79 Å². The molecule has 0 aliphatic rings. The second-order valence-electron chi connectivity index (χ2n) is 5.00. The fourth-order valence-corrected chi connectivity index (χ4v) is 2.88. The molecule has 0 radical (unpaired) electrons. The van der Waals surface area contributed by atoms with Gasteiger partial charge in [0.2, 0.25) is 0 Å². The summed E-state index contributed by atoms with van der Waals surface area (Å²) in [6.07, 6.45) is 0. The van der Waals surface area contributed by atoms with E-state index in [1.165, 1.54) is 0 Å². The van der Waals surface area contributed by atoms with Crippen LogP contribution in [0.25, 0.3) is 5.69 Å². The van der Waals surface area contributed by atoms with E-state index in [2.05, 4.69) is 26.3 Å². The molecule has 3 aromatic rings. The lowest BCUT2D eigenvalue weighted by Gasteiger charge is -2.05. The van der Waals surface area contributed by atoms with Crippen LogP contribution in [0.4, 0.5) is 5.82 Å². The predicted molar refractivity (Wildman–Crippen MR) is 95.4 cm³/mol. The maximum absolute atomic E-state index is 12.3. The second kappa shape index (κ2) is 6.56. The lowest BCUT2D eigenvalue weighted by atomic mass is 10.2. The van der Waals surface area contributed by atoms with Crippen molar-refractivity contribution in [2.45, 2.75) is 6.92 Å². The fourth-order valence-electron chi connectivity index (χ4n) is 2.23. The van der Waals surface area contributed by atoms with Gasteiger partial charge in [-0.05, 0) is 53.2 Å². The van der Waals surface area contributed by atoms with Gasteiger partial charge in [-0.25, -0.2) is 4.68 Å². The van der Waals surface area contributed by atoms with Gasteiger partial charge in [0.15, 0.2) is 5.82 Å². The number of hydrogen-bond donors (Lipinski definition) is 1. The zero-order chi connectivity index (χ0) is 16.4. The van der Waals surface area contributed by atoms with E-state index in [-0.39, 0.29) is 5.91 Å². The van der Waals surface area contributed by atoms with Gasteiger partial charge in [-0.3, -0.25) is 4.79 Å². The molecule has 2 aromatic carbocycles. The van der Waals surface area contributed by atoms with Crippen molar-refractivity contribution in [3.05, 3.63) is 75.4 Å². The molecule has 6 heteroatoms. The number of rotatable bonds is 3. The highest BCUT2D eigenvalue weighted by atomic mass is 79.9. The third-order valence-corrected chi connectivity index (χ3v) is 4.23. The predicted octanol–water partition coefficient (Wildman–Crippen LogP) is 4.85. The van der Waals surface area contributed by atoms with Gasteiger partial charge in [-0.15, -0.1) is 5.10 Å². The SMILES string of the molecule is Cc1cc(NC(=O)c2ccccc2Br)nn1-c1cccc(Cl)c1. The lowest BCUT2D eigenvalue weighted by Crippen LogP contribution is -2.13. The van der Waals surface area contributed by atoms with E-state index in [1.807, 2.05) is 49.4 Å². The lowest BCUT2D eigenvalue weighted by molar-refractivity contribution is 0.102. The molecule has 0 saturated heterocycles. The molecule has 1 aromatic heterocycles. The van der Waals surface area contributed by atoms with E-state index in [4.69, 9.17) is 11.6 Å². The molecular weight excluding hydrogens is 378 g/mol. The van der Waals surface area contributed by atoms with Gasteiger partial charge in [-0.2, -0.15) is 0 Å². The molecule has 0 aliphatic carbocycles. The van der Waals surface area contributed by atoms with E-state index in [0.29, 0.717) is 16.4 Å². The molecule has 0 atom stereocenters. The van der Waals surface area contributed by atoms with Crippen LogP contribution in [0.3, 0.4) is 0 Å². The highest BCUT2D eigenvalue weighted by Gasteiger charge is 2.13. The zero-order valence-corrected chi connectivity index (χ0v) is 14.6. The first-order valence-corrected chi connectivity index (χ1v) is 8.10. The van der Waals surface area contributed by atoms with Crippen LogP contribution < -0.4 is 5.32 Å². The van der Waals surface area contributed by atoms with Crippen molar-refractivity contribution in [2.24, 2.45) is 0 Å². The average Bonchev–Trinajstić information content (AvgIpc) is 2.88. The Bertz CT molecular complexity index is 876. The number of aryl methyl sites for hydroxylation is 1. The van der Waals surface area contributed by atoms with Crippen molar-refractivity contribution < 1.29 is 4.79 Å². The Morgan fingerprint density at radius 2 is 1.96 bits per heavy atom. The number of nitrogens with one attached hydrogen (secondary N) is 1. The Hall–Kier alpha value is -2.11. The van der Waals surface area contributed by atoms with Crippen molar-refractivity contribution in [1.29, 1.82) is 0 Å². The molecule has 0 fully saturated rings. The molecule has 116 valence electrons. The van der Waals surface area contributed by atoms with E-state index in [1.54, 1.807) is 16.8 Å². The number of benzene rings is 2. The number of nitrogens with zero attached hydrogens (tertiary/aromatic N) is 2. The Labute approximate surface area is 147 Å². The van der Waals surface area contributed by atoms with Crippen LogP contribution in [0.15, 0.2) is 59.1 Å². The number of amides is 1. The first-order valence-electron chi connectivity index (χ1n) is 6.93. The van der Waals surface area contributed by atoms with Gasteiger partial charge in [0.1, 0.15) is 0 Å². The molecule has 0 saturated carbocycles. The third-order valence-electron chi connectivity index (χ3n) is 3.30. The maximum atomic E-state index is 12.3. The molecular formula is C17H13BrClN3O. The van der Waals surface area contributed by atoms with Crippen molar-refractivity contribution in [3.8, 4) is 5.69 Å². The van der Waals surface area contributed by atoms with Gasteiger partial charge in [0.05, 0.1) is 11.3 Å². The van der Waals surface area contributed by atoms with Crippen LogP contribution in [-0.2, 0) is 0 Å². The summed E-state index contributed by atoms with van der Waals surface area (Å²) in [5, 5.41) is 7.87.